The summed E-state index contributed by atoms with van der Waals surface area (Å²) in [7, 11) is 4.71. The smallest absolute Gasteiger partial charge is 0.391 e. The number of alkyl halides is 3. The van der Waals surface area contributed by atoms with Gasteiger partial charge in [0, 0.05) is 25.2 Å². The number of oxime groups is 1. The Hall–Kier alpha value is -3.20. The molecule has 0 aliphatic carbocycles. The SMILES string of the molecule is CN=C(NOC)C(=NC)c1ccccc1CO/N=C(/C)c1cccc(C(F)(F)F)c1. The average molecular weight is 420 g/mol. The second kappa shape index (κ2) is 10.5. The summed E-state index contributed by atoms with van der Waals surface area (Å²) >= 11 is 0. The predicted octanol–water partition coefficient (Wildman–Crippen LogP) is 4.24. The van der Waals surface area contributed by atoms with E-state index in [1.165, 1.54) is 13.2 Å². The predicted molar refractivity (Wildman–Crippen MR) is 111 cm³/mol. The van der Waals surface area contributed by atoms with E-state index in [9.17, 15) is 13.2 Å². The lowest BCUT2D eigenvalue weighted by Gasteiger charge is -2.13. The molecular weight excluding hydrogens is 397 g/mol. The molecule has 6 nitrogen and oxygen atoms in total. The molecule has 1 N–H and O–H groups in total. The maximum absolute atomic E-state index is 12.9. The fourth-order valence-corrected chi connectivity index (χ4v) is 2.70. The molecule has 0 heterocycles. The number of hydrogen-bond donors (Lipinski definition) is 1. The van der Waals surface area contributed by atoms with Crippen LogP contribution >= 0.6 is 0 Å². The van der Waals surface area contributed by atoms with Crippen molar-refractivity contribution in [3.63, 3.8) is 0 Å². The number of halogens is 3. The van der Waals surface area contributed by atoms with Crippen LogP contribution in [0, 0.1) is 0 Å². The number of nitrogens with one attached hydrogen (secondary N) is 1. The van der Waals surface area contributed by atoms with Gasteiger partial charge in [0.2, 0.25) is 0 Å². The Morgan fingerprint density at radius 3 is 2.40 bits per heavy atom. The molecule has 0 aromatic heterocycles. The number of hydrogen-bond acceptors (Lipinski definition) is 5. The van der Waals surface area contributed by atoms with E-state index >= 15 is 0 Å². The standard InChI is InChI=1S/C21H23F3N4O2/c1-14(15-9-7-10-17(12-15)21(22,23)24)27-30-13-16-8-5-6-11-18(16)19(25-2)20(26-3)28-29-4/h5-12H,13H2,1-4H3,(H,26,28)/b25-19?,27-14-. The van der Waals surface area contributed by atoms with Gasteiger partial charge in [-0.3, -0.25) is 14.8 Å². The molecule has 0 amide bonds. The molecule has 160 valence electrons. The van der Waals surface area contributed by atoms with Crippen molar-refractivity contribution in [1.29, 1.82) is 0 Å². The van der Waals surface area contributed by atoms with Gasteiger partial charge < -0.3 is 4.84 Å². The molecule has 9 heteroatoms. The van der Waals surface area contributed by atoms with Crippen LogP contribution in [-0.4, -0.2) is 38.5 Å². The van der Waals surface area contributed by atoms with Gasteiger partial charge in [0.05, 0.1) is 18.4 Å². The molecule has 0 fully saturated rings. The molecule has 30 heavy (non-hydrogen) atoms. The van der Waals surface area contributed by atoms with Gasteiger partial charge in [-0.25, -0.2) is 5.48 Å². The summed E-state index contributed by atoms with van der Waals surface area (Å²) in [6, 6.07) is 12.3. The summed E-state index contributed by atoms with van der Waals surface area (Å²) < 4.78 is 38.7. The molecular formula is C21H23F3N4O2. The number of amidine groups is 1. The first kappa shape index (κ1) is 23.1. The maximum atomic E-state index is 12.9. The van der Waals surface area contributed by atoms with Crippen LogP contribution in [0.3, 0.4) is 0 Å². The van der Waals surface area contributed by atoms with Crippen molar-refractivity contribution < 1.29 is 22.8 Å². The second-order valence-corrected chi connectivity index (χ2v) is 6.14. The van der Waals surface area contributed by atoms with Crippen LogP contribution in [0.4, 0.5) is 13.2 Å². The first-order valence-corrected chi connectivity index (χ1v) is 8.97. The van der Waals surface area contributed by atoms with Crippen LogP contribution in [0.5, 0.6) is 0 Å². The minimum atomic E-state index is -4.42. The zero-order valence-electron chi connectivity index (χ0n) is 17.1. The van der Waals surface area contributed by atoms with E-state index in [2.05, 4.69) is 20.6 Å². The summed E-state index contributed by atoms with van der Waals surface area (Å²) in [4.78, 5) is 18.8. The summed E-state index contributed by atoms with van der Waals surface area (Å²) in [6.07, 6.45) is -4.42. The molecule has 2 rings (SSSR count). The van der Waals surface area contributed by atoms with Crippen LogP contribution in [0.15, 0.2) is 63.7 Å². The van der Waals surface area contributed by atoms with Crippen molar-refractivity contribution >= 4 is 17.3 Å². The molecule has 2 aromatic rings. The molecule has 0 saturated carbocycles. The van der Waals surface area contributed by atoms with E-state index in [1.807, 2.05) is 24.3 Å². The van der Waals surface area contributed by atoms with Crippen molar-refractivity contribution in [2.24, 2.45) is 15.1 Å². The monoisotopic (exact) mass is 420 g/mol. The molecule has 0 spiro atoms. The normalized spacial score (nSPS) is 13.4. The fraction of sp³-hybridized carbons (Fsp3) is 0.286. The Bertz CT molecular complexity index is 953. The number of aliphatic imine (C=N–C) groups is 2. The molecule has 0 atom stereocenters. The quantitative estimate of drug-likeness (QED) is 0.414. The molecule has 2 aromatic carbocycles. The van der Waals surface area contributed by atoms with Crippen LogP contribution in [0.2, 0.25) is 0 Å². The van der Waals surface area contributed by atoms with Crippen LogP contribution in [-0.2, 0) is 22.5 Å². The Balaban J connectivity index is 2.21. The molecule has 0 bridgehead atoms. The van der Waals surface area contributed by atoms with E-state index in [1.54, 1.807) is 27.1 Å². The van der Waals surface area contributed by atoms with Gasteiger partial charge in [-0.2, -0.15) is 13.2 Å². The molecule has 0 radical (unpaired) electrons. The highest BCUT2D eigenvalue weighted by molar-refractivity contribution is 6.47. The molecule has 0 saturated heterocycles. The van der Waals surface area contributed by atoms with Crippen molar-refractivity contribution in [1.82, 2.24) is 5.48 Å². The van der Waals surface area contributed by atoms with Gasteiger partial charge >= 0.3 is 6.18 Å². The van der Waals surface area contributed by atoms with Crippen LogP contribution in [0.1, 0.15) is 29.2 Å². The fourth-order valence-electron chi connectivity index (χ4n) is 2.70. The third kappa shape index (κ3) is 5.90. The first-order valence-electron chi connectivity index (χ1n) is 8.97. The van der Waals surface area contributed by atoms with Gasteiger partial charge in [0.1, 0.15) is 12.3 Å². The second-order valence-electron chi connectivity index (χ2n) is 6.14. The van der Waals surface area contributed by atoms with Crippen molar-refractivity contribution in [2.75, 3.05) is 21.2 Å². The summed E-state index contributed by atoms with van der Waals surface area (Å²) in [5.41, 5.74) is 4.71. The van der Waals surface area contributed by atoms with Gasteiger partial charge in [0.25, 0.3) is 0 Å². The first-order chi connectivity index (χ1) is 14.3. The Morgan fingerprint density at radius 1 is 1.03 bits per heavy atom. The van der Waals surface area contributed by atoms with E-state index in [4.69, 9.17) is 9.68 Å². The Labute approximate surface area is 173 Å². The lowest BCUT2D eigenvalue weighted by molar-refractivity contribution is -0.137. The van der Waals surface area contributed by atoms with Crippen molar-refractivity contribution in [3.8, 4) is 0 Å². The van der Waals surface area contributed by atoms with Crippen molar-refractivity contribution in [3.05, 3.63) is 70.8 Å². The number of benzene rings is 2. The van der Waals surface area contributed by atoms with E-state index in [0.29, 0.717) is 22.8 Å². The summed E-state index contributed by atoms with van der Waals surface area (Å²) in [6.45, 7) is 1.68. The molecule has 0 unspecified atom stereocenters. The van der Waals surface area contributed by atoms with Crippen LogP contribution in [0.25, 0.3) is 0 Å². The largest absolute Gasteiger partial charge is 0.416 e. The third-order valence-corrected chi connectivity index (χ3v) is 4.17. The minimum absolute atomic E-state index is 0.0927. The topological polar surface area (TPSA) is 67.6 Å². The van der Waals surface area contributed by atoms with Gasteiger partial charge in [0.15, 0.2) is 5.84 Å². The minimum Gasteiger partial charge on any atom is -0.391 e. The average Bonchev–Trinajstić information content (AvgIpc) is 2.74. The number of hydroxylamine groups is 1. The molecule has 0 aliphatic heterocycles. The summed E-state index contributed by atoms with van der Waals surface area (Å²) in [5.74, 6) is 0.441. The zero-order chi connectivity index (χ0) is 22.1. The summed E-state index contributed by atoms with van der Waals surface area (Å²) in [5, 5.41) is 3.98. The van der Waals surface area contributed by atoms with Crippen LogP contribution < -0.4 is 5.48 Å². The Kier molecular flexibility index (Phi) is 8.11. The zero-order valence-corrected chi connectivity index (χ0v) is 17.1. The third-order valence-electron chi connectivity index (χ3n) is 4.17. The highest BCUT2D eigenvalue weighted by Crippen LogP contribution is 2.29. The van der Waals surface area contributed by atoms with Crippen molar-refractivity contribution in [2.45, 2.75) is 19.7 Å². The highest BCUT2D eigenvalue weighted by atomic mass is 19.4. The number of rotatable bonds is 7. The van der Waals surface area contributed by atoms with E-state index in [0.717, 1.165) is 23.3 Å². The number of nitrogens with zero attached hydrogens (tertiary/aromatic N) is 3. The lowest BCUT2D eigenvalue weighted by Crippen LogP contribution is -2.31. The van der Waals surface area contributed by atoms with E-state index < -0.39 is 11.7 Å². The van der Waals surface area contributed by atoms with Gasteiger partial charge in [-0.15, -0.1) is 0 Å². The van der Waals surface area contributed by atoms with Gasteiger partial charge in [-0.05, 0) is 24.6 Å². The van der Waals surface area contributed by atoms with Gasteiger partial charge in [-0.1, -0.05) is 41.6 Å². The maximum Gasteiger partial charge on any atom is 0.416 e. The highest BCUT2D eigenvalue weighted by Gasteiger charge is 2.30. The Morgan fingerprint density at radius 2 is 1.77 bits per heavy atom. The lowest BCUT2D eigenvalue weighted by atomic mass is 10.0. The van der Waals surface area contributed by atoms with E-state index in [-0.39, 0.29) is 6.61 Å². The molecule has 0 aliphatic rings.